The average Bonchev–Trinajstić information content (AvgIpc) is 2.54. The first-order valence-corrected chi connectivity index (χ1v) is 8.43. The Kier molecular flexibility index (Phi) is 4.94. The van der Waals surface area contributed by atoms with Crippen LogP contribution in [0.5, 0.6) is 0 Å². The van der Waals surface area contributed by atoms with E-state index >= 15 is 0 Å². The maximum atomic E-state index is 6.22. The minimum absolute atomic E-state index is 0.205. The third kappa shape index (κ3) is 4.19. The number of nitrogens with one attached hydrogen (secondary N) is 1. The molecule has 0 heterocycles. The Balaban J connectivity index is 2.04. The van der Waals surface area contributed by atoms with E-state index in [4.69, 9.17) is 5.73 Å². The lowest BCUT2D eigenvalue weighted by Gasteiger charge is -2.49. The highest BCUT2D eigenvalue weighted by atomic mass is 15.0. The summed E-state index contributed by atoms with van der Waals surface area (Å²) < 4.78 is 0. The molecule has 0 aromatic heterocycles. The van der Waals surface area contributed by atoms with Crippen LogP contribution in [0.1, 0.15) is 78.6 Å². The second kappa shape index (κ2) is 6.13. The summed E-state index contributed by atoms with van der Waals surface area (Å²) in [4.78, 5) is 0. The van der Waals surface area contributed by atoms with Gasteiger partial charge in [0.1, 0.15) is 0 Å². The van der Waals surface area contributed by atoms with Gasteiger partial charge in [-0.15, -0.1) is 0 Å². The van der Waals surface area contributed by atoms with Gasteiger partial charge in [0.05, 0.1) is 0 Å². The average molecular weight is 266 g/mol. The molecule has 0 aliphatic heterocycles. The number of hydrogen-bond donors (Lipinski definition) is 2. The number of hydrogen-bond acceptors (Lipinski definition) is 2. The SMILES string of the molecule is CC1CC(C)(C)CC(CN)(NC2CCCCCC2)C1. The minimum Gasteiger partial charge on any atom is -0.329 e. The molecule has 2 rings (SSSR count). The van der Waals surface area contributed by atoms with Crippen LogP contribution in [0, 0.1) is 11.3 Å². The molecular formula is C17H34N2. The van der Waals surface area contributed by atoms with Crippen molar-refractivity contribution in [3.8, 4) is 0 Å². The molecule has 2 heteroatoms. The van der Waals surface area contributed by atoms with Gasteiger partial charge in [-0.3, -0.25) is 0 Å². The maximum Gasteiger partial charge on any atom is 0.0314 e. The molecule has 19 heavy (non-hydrogen) atoms. The Hall–Kier alpha value is -0.0800. The minimum atomic E-state index is 0.205. The van der Waals surface area contributed by atoms with Gasteiger partial charge in [0, 0.05) is 18.1 Å². The van der Waals surface area contributed by atoms with Crippen LogP contribution in [0.4, 0.5) is 0 Å². The van der Waals surface area contributed by atoms with Gasteiger partial charge < -0.3 is 11.1 Å². The molecule has 2 nitrogen and oxygen atoms in total. The predicted molar refractivity (Wildman–Crippen MR) is 83.2 cm³/mol. The standard InChI is InChI=1S/C17H34N2/c1-14-10-16(2,3)12-17(11-14,13-18)19-15-8-6-4-5-7-9-15/h14-15,19H,4-13,18H2,1-3H3. The second-order valence-corrected chi connectivity index (χ2v) is 8.17. The van der Waals surface area contributed by atoms with Crippen molar-refractivity contribution < 1.29 is 0 Å². The van der Waals surface area contributed by atoms with Crippen molar-refractivity contribution in [2.24, 2.45) is 17.1 Å². The maximum absolute atomic E-state index is 6.22. The van der Waals surface area contributed by atoms with E-state index in [1.807, 2.05) is 0 Å². The topological polar surface area (TPSA) is 38.0 Å². The van der Waals surface area contributed by atoms with Gasteiger partial charge in [-0.05, 0) is 43.4 Å². The van der Waals surface area contributed by atoms with Crippen molar-refractivity contribution in [2.45, 2.75) is 90.1 Å². The summed E-state index contributed by atoms with van der Waals surface area (Å²) in [5.41, 5.74) is 6.86. The van der Waals surface area contributed by atoms with Crippen LogP contribution >= 0.6 is 0 Å². The van der Waals surface area contributed by atoms with Crippen LogP contribution in [-0.2, 0) is 0 Å². The van der Waals surface area contributed by atoms with Crippen LogP contribution in [0.25, 0.3) is 0 Å². The predicted octanol–water partition coefficient (Wildman–Crippen LogP) is 3.84. The summed E-state index contributed by atoms with van der Waals surface area (Å²) in [5.74, 6) is 0.797. The third-order valence-electron chi connectivity index (χ3n) is 5.21. The van der Waals surface area contributed by atoms with E-state index in [-0.39, 0.29) is 5.54 Å². The highest BCUT2D eigenvalue weighted by Crippen LogP contribution is 2.44. The van der Waals surface area contributed by atoms with Crippen molar-refractivity contribution in [3.05, 3.63) is 0 Å². The first-order chi connectivity index (χ1) is 8.95. The number of nitrogens with two attached hydrogens (primary N) is 1. The van der Waals surface area contributed by atoms with E-state index in [1.165, 1.54) is 57.8 Å². The fraction of sp³-hybridized carbons (Fsp3) is 1.00. The van der Waals surface area contributed by atoms with Crippen molar-refractivity contribution >= 4 is 0 Å². The summed E-state index contributed by atoms with van der Waals surface area (Å²) in [7, 11) is 0. The molecule has 0 saturated heterocycles. The van der Waals surface area contributed by atoms with E-state index in [1.54, 1.807) is 0 Å². The zero-order valence-electron chi connectivity index (χ0n) is 13.3. The molecule has 0 radical (unpaired) electrons. The molecule has 2 atom stereocenters. The van der Waals surface area contributed by atoms with Gasteiger partial charge in [-0.2, -0.15) is 0 Å². The van der Waals surface area contributed by atoms with Crippen LogP contribution in [0.2, 0.25) is 0 Å². The Morgan fingerprint density at radius 3 is 2.21 bits per heavy atom. The Bertz CT molecular complexity index is 279. The molecule has 0 aromatic rings. The van der Waals surface area contributed by atoms with Gasteiger partial charge in [0.15, 0.2) is 0 Å². The Morgan fingerprint density at radius 1 is 1.05 bits per heavy atom. The van der Waals surface area contributed by atoms with E-state index in [2.05, 4.69) is 26.1 Å². The largest absolute Gasteiger partial charge is 0.329 e. The lowest BCUT2D eigenvalue weighted by Crippen LogP contribution is -2.60. The van der Waals surface area contributed by atoms with Crippen molar-refractivity contribution in [2.75, 3.05) is 6.54 Å². The third-order valence-corrected chi connectivity index (χ3v) is 5.21. The van der Waals surface area contributed by atoms with Gasteiger partial charge >= 0.3 is 0 Å². The van der Waals surface area contributed by atoms with E-state index in [9.17, 15) is 0 Å². The molecule has 0 bridgehead atoms. The molecule has 2 aliphatic carbocycles. The van der Waals surface area contributed by atoms with E-state index < -0.39 is 0 Å². The summed E-state index contributed by atoms with van der Waals surface area (Å²) in [6, 6.07) is 0.715. The van der Waals surface area contributed by atoms with Gasteiger partial charge in [0.25, 0.3) is 0 Å². The van der Waals surface area contributed by atoms with Crippen molar-refractivity contribution in [1.82, 2.24) is 5.32 Å². The normalized spacial score (nSPS) is 36.9. The summed E-state index contributed by atoms with van der Waals surface area (Å²) in [5, 5.41) is 4.02. The van der Waals surface area contributed by atoms with Crippen LogP contribution < -0.4 is 11.1 Å². The molecule has 3 N–H and O–H groups in total. The molecule has 112 valence electrons. The fourth-order valence-electron chi connectivity index (χ4n) is 4.92. The fourth-order valence-corrected chi connectivity index (χ4v) is 4.92. The van der Waals surface area contributed by atoms with Crippen molar-refractivity contribution in [1.29, 1.82) is 0 Å². The lowest BCUT2D eigenvalue weighted by molar-refractivity contribution is 0.0753. The molecule has 0 spiro atoms. The quantitative estimate of drug-likeness (QED) is 0.762. The molecule has 2 saturated carbocycles. The van der Waals surface area contributed by atoms with Gasteiger partial charge in [0.2, 0.25) is 0 Å². The summed E-state index contributed by atoms with van der Waals surface area (Å²) >= 11 is 0. The Labute approximate surface area is 119 Å². The summed E-state index contributed by atoms with van der Waals surface area (Å²) in [6.07, 6.45) is 12.2. The monoisotopic (exact) mass is 266 g/mol. The lowest BCUT2D eigenvalue weighted by atomic mass is 9.64. The van der Waals surface area contributed by atoms with Gasteiger partial charge in [-0.1, -0.05) is 46.5 Å². The molecule has 2 unspecified atom stereocenters. The highest BCUT2D eigenvalue weighted by Gasteiger charge is 2.42. The number of rotatable bonds is 3. The van der Waals surface area contributed by atoms with E-state index in [0.29, 0.717) is 11.5 Å². The molecule has 0 amide bonds. The molecular weight excluding hydrogens is 232 g/mol. The van der Waals surface area contributed by atoms with Crippen LogP contribution in [0.3, 0.4) is 0 Å². The van der Waals surface area contributed by atoms with Crippen LogP contribution in [-0.4, -0.2) is 18.1 Å². The Morgan fingerprint density at radius 2 is 1.68 bits per heavy atom. The van der Waals surface area contributed by atoms with E-state index in [0.717, 1.165) is 12.5 Å². The zero-order chi connectivity index (χ0) is 13.9. The summed E-state index contributed by atoms with van der Waals surface area (Å²) in [6.45, 7) is 8.04. The first-order valence-electron chi connectivity index (χ1n) is 8.43. The molecule has 2 fully saturated rings. The highest BCUT2D eigenvalue weighted by molar-refractivity contribution is 5.01. The second-order valence-electron chi connectivity index (χ2n) is 8.17. The zero-order valence-corrected chi connectivity index (χ0v) is 13.3. The first kappa shape index (κ1) is 15.3. The van der Waals surface area contributed by atoms with Crippen molar-refractivity contribution in [3.63, 3.8) is 0 Å². The smallest absolute Gasteiger partial charge is 0.0314 e. The van der Waals surface area contributed by atoms with Gasteiger partial charge in [-0.25, -0.2) is 0 Å². The molecule has 0 aromatic carbocycles. The molecule has 2 aliphatic rings. The van der Waals surface area contributed by atoms with Crippen LogP contribution in [0.15, 0.2) is 0 Å².